The number of hydrogen-bond acceptors (Lipinski definition) is 5. The van der Waals surface area contributed by atoms with Crippen molar-refractivity contribution in [2.75, 3.05) is 6.61 Å². The first-order valence-electron chi connectivity index (χ1n) is 8.89. The highest BCUT2D eigenvalue weighted by atomic mass is 16.5. The number of fused-ring (bicyclic) bond motifs is 1. The van der Waals surface area contributed by atoms with Crippen LogP contribution in [0.3, 0.4) is 0 Å². The Bertz CT molecular complexity index is 856. The van der Waals surface area contributed by atoms with Crippen LogP contribution >= 0.6 is 0 Å². The summed E-state index contributed by atoms with van der Waals surface area (Å²) < 4.78 is 8.16. The van der Waals surface area contributed by atoms with Gasteiger partial charge >= 0.3 is 0 Å². The van der Waals surface area contributed by atoms with E-state index in [2.05, 4.69) is 42.7 Å². The number of H-pyrrole nitrogens is 1. The van der Waals surface area contributed by atoms with E-state index in [-0.39, 0.29) is 0 Å². The van der Waals surface area contributed by atoms with Gasteiger partial charge in [0.1, 0.15) is 0 Å². The Morgan fingerprint density at radius 3 is 2.92 bits per heavy atom. The lowest BCUT2D eigenvalue weighted by molar-refractivity contribution is 0.0355. The number of aromatic amines is 1. The van der Waals surface area contributed by atoms with Gasteiger partial charge in [0.2, 0.25) is 0 Å². The minimum absolute atomic E-state index is 0.303. The Morgan fingerprint density at radius 1 is 1.31 bits per heavy atom. The molecule has 4 heterocycles. The molecular formula is C19H24N6O. The Morgan fingerprint density at radius 2 is 2.15 bits per heavy atom. The summed E-state index contributed by atoms with van der Waals surface area (Å²) >= 11 is 0. The number of imidazole rings is 1. The maximum absolute atomic E-state index is 6.04. The third-order valence-corrected chi connectivity index (χ3v) is 4.90. The molecule has 0 spiro atoms. The Balaban J connectivity index is 1.46. The van der Waals surface area contributed by atoms with Crippen LogP contribution in [0.15, 0.2) is 36.9 Å². The van der Waals surface area contributed by atoms with Gasteiger partial charge in [-0.25, -0.2) is 4.98 Å². The zero-order valence-corrected chi connectivity index (χ0v) is 15.2. The minimum atomic E-state index is 0.303. The van der Waals surface area contributed by atoms with Gasteiger partial charge in [0.25, 0.3) is 0 Å². The summed E-state index contributed by atoms with van der Waals surface area (Å²) in [5.41, 5.74) is 5.75. The summed E-state index contributed by atoms with van der Waals surface area (Å²) in [4.78, 5) is 11.0. The molecule has 0 aromatic carbocycles. The predicted octanol–water partition coefficient (Wildman–Crippen LogP) is 1.99. The second kappa shape index (κ2) is 7.39. The molecule has 0 saturated carbocycles. The highest BCUT2D eigenvalue weighted by Crippen LogP contribution is 2.24. The van der Waals surface area contributed by atoms with E-state index in [1.807, 2.05) is 25.4 Å². The second-order valence-corrected chi connectivity index (χ2v) is 6.92. The van der Waals surface area contributed by atoms with E-state index in [4.69, 9.17) is 4.74 Å². The lowest BCUT2D eigenvalue weighted by Gasteiger charge is -2.34. The molecule has 0 radical (unpaired) electrons. The van der Waals surface area contributed by atoms with E-state index in [9.17, 15) is 0 Å². The van der Waals surface area contributed by atoms with Crippen LogP contribution in [0.1, 0.15) is 28.3 Å². The summed E-state index contributed by atoms with van der Waals surface area (Å²) in [6.45, 7) is 4.93. The van der Waals surface area contributed by atoms with Crippen LogP contribution in [0.4, 0.5) is 0 Å². The van der Waals surface area contributed by atoms with Crippen LogP contribution < -0.4 is 0 Å². The maximum atomic E-state index is 6.04. The number of hydrogen-bond donors (Lipinski definition) is 1. The van der Waals surface area contributed by atoms with Crippen LogP contribution in [-0.4, -0.2) is 42.3 Å². The molecule has 1 N–H and O–H groups in total. The Kier molecular flexibility index (Phi) is 4.81. The summed E-state index contributed by atoms with van der Waals surface area (Å²) in [5, 5.41) is 7.42. The highest BCUT2D eigenvalue weighted by Gasteiger charge is 2.29. The lowest BCUT2D eigenvalue weighted by Crippen LogP contribution is -2.43. The van der Waals surface area contributed by atoms with Crippen molar-refractivity contribution in [1.29, 1.82) is 0 Å². The Hall–Kier alpha value is -2.51. The largest absolute Gasteiger partial charge is 0.375 e. The van der Waals surface area contributed by atoms with Crippen molar-refractivity contribution >= 4 is 0 Å². The van der Waals surface area contributed by atoms with E-state index < -0.39 is 0 Å². The molecule has 1 aliphatic heterocycles. The van der Waals surface area contributed by atoms with Crippen LogP contribution in [0, 0.1) is 6.92 Å². The van der Waals surface area contributed by atoms with E-state index in [0.29, 0.717) is 19.3 Å². The third kappa shape index (κ3) is 3.68. The van der Waals surface area contributed by atoms with E-state index in [1.54, 1.807) is 12.4 Å². The summed E-state index contributed by atoms with van der Waals surface area (Å²) in [6, 6.07) is 6.38. The van der Waals surface area contributed by atoms with Gasteiger partial charge in [-0.1, -0.05) is 0 Å². The number of pyridine rings is 1. The molecule has 0 aliphatic carbocycles. The molecule has 0 bridgehead atoms. The normalized spacial score (nSPS) is 17.4. The van der Waals surface area contributed by atoms with Crippen molar-refractivity contribution in [2.24, 2.45) is 7.05 Å². The molecule has 1 unspecified atom stereocenters. The number of aromatic nitrogens is 5. The average molecular weight is 352 g/mol. The van der Waals surface area contributed by atoms with Gasteiger partial charge in [0.05, 0.1) is 30.9 Å². The predicted molar refractivity (Wildman–Crippen MR) is 97.2 cm³/mol. The van der Waals surface area contributed by atoms with Crippen molar-refractivity contribution in [1.82, 2.24) is 29.6 Å². The average Bonchev–Trinajstić information content (AvgIpc) is 3.22. The molecule has 0 fully saturated rings. The van der Waals surface area contributed by atoms with Crippen molar-refractivity contribution < 1.29 is 4.74 Å². The molecule has 1 aliphatic rings. The van der Waals surface area contributed by atoms with Crippen molar-refractivity contribution in [3.05, 3.63) is 65.3 Å². The van der Waals surface area contributed by atoms with Crippen LogP contribution in [0.2, 0.25) is 0 Å². The first-order chi connectivity index (χ1) is 12.7. The molecule has 26 heavy (non-hydrogen) atoms. The number of ether oxygens (including phenoxy) is 1. The summed E-state index contributed by atoms with van der Waals surface area (Å²) in [7, 11) is 2.06. The van der Waals surface area contributed by atoms with Crippen LogP contribution in [0.25, 0.3) is 0 Å². The Labute approximate surface area is 153 Å². The van der Waals surface area contributed by atoms with Crippen molar-refractivity contribution in [2.45, 2.75) is 39.1 Å². The molecule has 4 rings (SSSR count). The lowest BCUT2D eigenvalue weighted by atomic mass is 10.0. The highest BCUT2D eigenvalue weighted by molar-refractivity contribution is 5.19. The molecule has 3 aromatic heterocycles. The summed E-state index contributed by atoms with van der Waals surface area (Å²) in [5.74, 6) is 0. The zero-order chi connectivity index (χ0) is 17.9. The van der Waals surface area contributed by atoms with Crippen molar-refractivity contribution in [3.8, 4) is 0 Å². The number of nitrogens with one attached hydrogen (secondary N) is 1. The first-order valence-corrected chi connectivity index (χ1v) is 8.89. The quantitative estimate of drug-likeness (QED) is 0.735. The van der Waals surface area contributed by atoms with Gasteiger partial charge in [0, 0.05) is 56.4 Å². The fraction of sp³-hybridized carbons (Fsp3) is 0.421. The topological polar surface area (TPSA) is 71.9 Å². The number of aryl methyl sites for hydroxylation is 2. The minimum Gasteiger partial charge on any atom is -0.375 e. The molecular weight excluding hydrogens is 328 g/mol. The molecule has 7 nitrogen and oxygen atoms in total. The SMILES string of the molecule is Cc1cc(CN2Cc3ncn(C)c3CC2COCc2ccncc2)n[nH]1. The smallest absolute Gasteiger partial charge is 0.0949 e. The molecule has 7 heteroatoms. The third-order valence-electron chi connectivity index (χ3n) is 4.90. The van der Waals surface area contributed by atoms with E-state index in [0.717, 1.165) is 42.2 Å². The van der Waals surface area contributed by atoms with Gasteiger partial charge in [-0.3, -0.25) is 15.0 Å². The molecule has 1 atom stereocenters. The second-order valence-electron chi connectivity index (χ2n) is 6.92. The van der Waals surface area contributed by atoms with E-state index >= 15 is 0 Å². The standard InChI is InChI=1S/C19H24N6O/c1-14-7-16(23-22-14)9-25-10-18-19(24(2)13-21-18)8-17(25)12-26-11-15-3-5-20-6-4-15/h3-7,13,17H,8-12H2,1-2H3,(H,22,23). The van der Waals surface area contributed by atoms with Crippen LogP contribution in [-0.2, 0) is 37.9 Å². The number of rotatable bonds is 6. The fourth-order valence-electron chi connectivity index (χ4n) is 3.48. The van der Waals surface area contributed by atoms with E-state index in [1.165, 1.54) is 5.69 Å². The van der Waals surface area contributed by atoms with Gasteiger partial charge in [-0.15, -0.1) is 0 Å². The monoisotopic (exact) mass is 352 g/mol. The molecule has 3 aromatic rings. The van der Waals surface area contributed by atoms with Gasteiger partial charge in [-0.05, 0) is 30.7 Å². The first kappa shape index (κ1) is 16.9. The van der Waals surface area contributed by atoms with Gasteiger partial charge in [-0.2, -0.15) is 5.10 Å². The van der Waals surface area contributed by atoms with Gasteiger partial charge in [0.15, 0.2) is 0 Å². The molecule has 0 amide bonds. The van der Waals surface area contributed by atoms with Crippen LogP contribution in [0.5, 0.6) is 0 Å². The molecule has 0 saturated heterocycles. The van der Waals surface area contributed by atoms with Gasteiger partial charge < -0.3 is 9.30 Å². The van der Waals surface area contributed by atoms with Crippen molar-refractivity contribution in [3.63, 3.8) is 0 Å². The maximum Gasteiger partial charge on any atom is 0.0949 e. The fourth-order valence-corrected chi connectivity index (χ4v) is 3.48. The summed E-state index contributed by atoms with van der Waals surface area (Å²) in [6.07, 6.45) is 6.44. The molecule has 136 valence electrons. The zero-order valence-electron chi connectivity index (χ0n) is 15.2. The number of nitrogens with zero attached hydrogens (tertiary/aromatic N) is 5.